The molecular weight excluding hydrogens is 292 g/mol. The van der Waals surface area contributed by atoms with Crippen molar-refractivity contribution in [2.75, 3.05) is 24.5 Å². The number of benzene rings is 1. The van der Waals surface area contributed by atoms with Gasteiger partial charge in [-0.25, -0.2) is 0 Å². The maximum atomic E-state index is 12.4. The molecule has 21 heavy (non-hydrogen) atoms. The van der Waals surface area contributed by atoms with Crippen LogP contribution in [-0.4, -0.2) is 47.6 Å². The highest BCUT2D eigenvalue weighted by molar-refractivity contribution is 6.30. The highest BCUT2D eigenvalue weighted by atomic mass is 35.5. The smallest absolute Gasteiger partial charge is 0.323 e. The van der Waals surface area contributed by atoms with Crippen LogP contribution in [0.25, 0.3) is 0 Å². The molecule has 0 unspecified atom stereocenters. The number of carboxylic acids is 1. The van der Waals surface area contributed by atoms with Gasteiger partial charge in [-0.2, -0.15) is 0 Å². The van der Waals surface area contributed by atoms with Crippen LogP contribution in [-0.2, 0) is 9.59 Å². The van der Waals surface area contributed by atoms with Crippen molar-refractivity contribution in [3.05, 3.63) is 29.3 Å². The first kappa shape index (κ1) is 15.6. The van der Waals surface area contributed by atoms with Gasteiger partial charge in [0.15, 0.2) is 0 Å². The van der Waals surface area contributed by atoms with Crippen LogP contribution in [0.2, 0.25) is 5.02 Å². The van der Waals surface area contributed by atoms with E-state index in [-0.39, 0.29) is 19.0 Å². The molecule has 1 saturated carbocycles. The number of nitrogens with zero attached hydrogens (tertiary/aromatic N) is 2. The Bertz CT molecular complexity index is 531. The monoisotopic (exact) mass is 310 g/mol. The van der Waals surface area contributed by atoms with Gasteiger partial charge in [0.05, 0.1) is 6.54 Å². The molecule has 5 nitrogen and oxygen atoms in total. The van der Waals surface area contributed by atoms with Gasteiger partial charge in [-0.05, 0) is 38.0 Å². The number of amides is 1. The number of carboxylic acid groups (broad SMARTS) is 1. The zero-order valence-electron chi connectivity index (χ0n) is 12.0. The van der Waals surface area contributed by atoms with E-state index < -0.39 is 5.97 Å². The Kier molecular flexibility index (Phi) is 5.07. The lowest BCUT2D eigenvalue weighted by Gasteiger charge is -2.27. The van der Waals surface area contributed by atoms with Crippen molar-refractivity contribution in [2.24, 2.45) is 0 Å². The minimum absolute atomic E-state index is 0.0405. The lowest BCUT2D eigenvalue weighted by molar-refractivity contribution is -0.135. The number of aliphatic carboxylic acids is 1. The summed E-state index contributed by atoms with van der Waals surface area (Å²) in [6.45, 7) is 2.42. The van der Waals surface area contributed by atoms with Crippen molar-refractivity contribution in [1.82, 2.24) is 4.90 Å². The number of hydrogen-bond acceptors (Lipinski definition) is 3. The van der Waals surface area contributed by atoms with E-state index in [1.807, 2.05) is 11.8 Å². The first-order valence-corrected chi connectivity index (χ1v) is 7.40. The normalized spacial score (nSPS) is 13.8. The molecule has 1 aliphatic rings. The number of rotatable bonds is 7. The van der Waals surface area contributed by atoms with Crippen molar-refractivity contribution in [1.29, 1.82) is 0 Å². The fourth-order valence-electron chi connectivity index (χ4n) is 2.35. The van der Waals surface area contributed by atoms with Crippen LogP contribution in [0.3, 0.4) is 0 Å². The second-order valence-electron chi connectivity index (χ2n) is 5.14. The lowest BCUT2D eigenvalue weighted by atomic mass is 10.2. The van der Waals surface area contributed by atoms with E-state index in [1.54, 1.807) is 29.2 Å². The van der Waals surface area contributed by atoms with Gasteiger partial charge in [0.25, 0.3) is 0 Å². The van der Waals surface area contributed by atoms with Crippen molar-refractivity contribution in [3.8, 4) is 0 Å². The third-order valence-electron chi connectivity index (χ3n) is 3.47. The molecule has 0 bridgehead atoms. The van der Waals surface area contributed by atoms with Crippen molar-refractivity contribution in [2.45, 2.75) is 25.8 Å². The van der Waals surface area contributed by atoms with E-state index in [1.165, 1.54) is 0 Å². The Morgan fingerprint density at radius 3 is 2.57 bits per heavy atom. The Labute approximate surface area is 129 Å². The molecule has 0 aliphatic heterocycles. The fourth-order valence-corrected chi connectivity index (χ4v) is 2.54. The van der Waals surface area contributed by atoms with Crippen LogP contribution < -0.4 is 4.90 Å². The van der Waals surface area contributed by atoms with Crippen LogP contribution in [0.4, 0.5) is 5.69 Å². The molecule has 114 valence electrons. The van der Waals surface area contributed by atoms with E-state index in [4.69, 9.17) is 16.7 Å². The van der Waals surface area contributed by atoms with E-state index in [0.717, 1.165) is 12.8 Å². The number of anilines is 1. The van der Waals surface area contributed by atoms with E-state index in [9.17, 15) is 9.59 Å². The molecule has 0 atom stereocenters. The topological polar surface area (TPSA) is 60.9 Å². The van der Waals surface area contributed by atoms with Gasteiger partial charge in [0.2, 0.25) is 5.91 Å². The number of carbonyl (C=O) groups excluding carboxylic acids is 1. The van der Waals surface area contributed by atoms with Crippen LogP contribution in [0.15, 0.2) is 24.3 Å². The molecule has 0 radical (unpaired) electrons. The third-order valence-corrected chi connectivity index (χ3v) is 3.71. The molecule has 0 spiro atoms. The maximum absolute atomic E-state index is 12.4. The van der Waals surface area contributed by atoms with Crippen LogP contribution >= 0.6 is 11.6 Å². The summed E-state index contributed by atoms with van der Waals surface area (Å²) < 4.78 is 0. The Hall–Kier alpha value is -1.75. The number of likely N-dealkylation sites (N-methyl/N-ethyl adjacent to an activating group) is 1. The quantitative estimate of drug-likeness (QED) is 0.839. The first-order chi connectivity index (χ1) is 10.0. The Balaban J connectivity index is 2.12. The highest BCUT2D eigenvalue weighted by Gasteiger charge is 2.32. The summed E-state index contributed by atoms with van der Waals surface area (Å²) in [5.41, 5.74) is 0.644. The maximum Gasteiger partial charge on any atom is 0.323 e. The Morgan fingerprint density at radius 2 is 2.05 bits per heavy atom. The van der Waals surface area contributed by atoms with Gasteiger partial charge in [-0.15, -0.1) is 0 Å². The molecule has 1 amide bonds. The van der Waals surface area contributed by atoms with Gasteiger partial charge in [-0.1, -0.05) is 17.7 Å². The zero-order valence-corrected chi connectivity index (χ0v) is 12.7. The van der Waals surface area contributed by atoms with Gasteiger partial charge < -0.3 is 14.9 Å². The fraction of sp³-hybridized carbons (Fsp3) is 0.467. The number of hydrogen-bond donors (Lipinski definition) is 1. The van der Waals surface area contributed by atoms with E-state index >= 15 is 0 Å². The second kappa shape index (κ2) is 6.80. The highest BCUT2D eigenvalue weighted by Crippen LogP contribution is 2.27. The van der Waals surface area contributed by atoms with Gasteiger partial charge >= 0.3 is 5.97 Å². The summed E-state index contributed by atoms with van der Waals surface area (Å²) in [7, 11) is 0. The van der Waals surface area contributed by atoms with E-state index in [2.05, 4.69) is 0 Å². The molecule has 1 aromatic carbocycles. The zero-order chi connectivity index (χ0) is 15.4. The molecular formula is C15H19ClN2O3. The molecule has 1 aromatic rings. The molecule has 1 N–H and O–H groups in total. The molecule has 1 fully saturated rings. The molecule has 6 heteroatoms. The molecule has 1 aliphatic carbocycles. The lowest BCUT2D eigenvalue weighted by Crippen LogP contribution is -2.43. The summed E-state index contributed by atoms with van der Waals surface area (Å²) in [6, 6.07) is 7.22. The van der Waals surface area contributed by atoms with Gasteiger partial charge in [0.1, 0.15) is 6.54 Å². The SMILES string of the molecule is CCN(C(=O)CN(CC(=O)O)c1cccc(Cl)c1)C1CC1. The summed E-state index contributed by atoms with van der Waals surface area (Å²) in [4.78, 5) is 26.8. The first-order valence-electron chi connectivity index (χ1n) is 7.03. The standard InChI is InChI=1S/C15H19ClN2O3/c1-2-18(12-6-7-12)14(19)9-17(10-15(20)21)13-5-3-4-11(16)8-13/h3-5,8,12H,2,6-7,9-10H2,1H3,(H,20,21). The van der Waals surface area contributed by atoms with Crippen molar-refractivity contribution < 1.29 is 14.7 Å². The van der Waals surface area contributed by atoms with E-state index in [0.29, 0.717) is 23.3 Å². The minimum Gasteiger partial charge on any atom is -0.480 e. The Morgan fingerprint density at radius 1 is 1.33 bits per heavy atom. The molecule has 2 rings (SSSR count). The number of carbonyl (C=O) groups is 2. The average Bonchev–Trinajstić information content (AvgIpc) is 3.23. The third kappa shape index (κ3) is 4.36. The van der Waals surface area contributed by atoms with Gasteiger partial charge in [0, 0.05) is 23.3 Å². The summed E-state index contributed by atoms with van der Waals surface area (Å²) >= 11 is 5.94. The molecule has 0 saturated heterocycles. The summed E-state index contributed by atoms with van der Waals surface area (Å²) in [6.07, 6.45) is 2.07. The average molecular weight is 311 g/mol. The predicted molar refractivity (Wildman–Crippen MR) is 81.7 cm³/mol. The van der Waals surface area contributed by atoms with Crippen LogP contribution in [0, 0.1) is 0 Å². The summed E-state index contributed by atoms with van der Waals surface area (Å²) in [5.74, 6) is -1.02. The van der Waals surface area contributed by atoms with Gasteiger partial charge in [-0.3, -0.25) is 9.59 Å². The predicted octanol–water partition coefficient (Wildman–Crippen LogP) is 2.24. The van der Waals surface area contributed by atoms with Crippen LogP contribution in [0.5, 0.6) is 0 Å². The molecule has 0 aromatic heterocycles. The van der Waals surface area contributed by atoms with Crippen molar-refractivity contribution >= 4 is 29.2 Å². The number of halogens is 1. The van der Waals surface area contributed by atoms with Crippen molar-refractivity contribution in [3.63, 3.8) is 0 Å². The summed E-state index contributed by atoms with van der Waals surface area (Å²) in [5, 5.41) is 9.56. The molecule has 0 heterocycles. The largest absolute Gasteiger partial charge is 0.480 e. The van der Waals surface area contributed by atoms with Crippen LogP contribution in [0.1, 0.15) is 19.8 Å². The second-order valence-corrected chi connectivity index (χ2v) is 5.58. The minimum atomic E-state index is -0.975.